The topological polar surface area (TPSA) is 85.9 Å². The van der Waals surface area contributed by atoms with Crippen molar-refractivity contribution in [3.63, 3.8) is 0 Å². The molecule has 84 valence electrons. The minimum Gasteiger partial charge on any atom is -0.239 e. The number of nitrogens with two attached hydrogens (primary N) is 1. The zero-order valence-corrected chi connectivity index (χ0v) is 9.96. The van der Waals surface area contributed by atoms with Gasteiger partial charge in [-0.05, 0) is 6.92 Å². The molecule has 5 nitrogen and oxygen atoms in total. The number of hydrogen-bond donors (Lipinski definition) is 1. The second-order valence-corrected chi connectivity index (χ2v) is 5.70. The Hall–Kier alpha value is -0.720. The van der Waals surface area contributed by atoms with Crippen LogP contribution in [0.3, 0.4) is 0 Å². The predicted octanol–water partition coefficient (Wildman–Crippen LogP) is 0.910. The molecule has 1 rings (SSSR count). The van der Waals surface area contributed by atoms with Gasteiger partial charge >= 0.3 is 0 Å². The molecule has 0 aliphatic heterocycles. The first-order valence-electron chi connectivity index (χ1n) is 4.31. The summed E-state index contributed by atoms with van der Waals surface area (Å²) < 4.78 is 22.2. The number of aromatic nitrogens is 2. The van der Waals surface area contributed by atoms with E-state index in [0.29, 0.717) is 10.8 Å². The smallest absolute Gasteiger partial charge is 0.212 e. The molecule has 0 aliphatic carbocycles. The van der Waals surface area contributed by atoms with Crippen LogP contribution in [0.1, 0.15) is 25.6 Å². The number of halogens is 1. The molecule has 0 amide bonds. The molecule has 0 aromatic carbocycles. The van der Waals surface area contributed by atoms with E-state index in [-0.39, 0.29) is 5.92 Å². The van der Waals surface area contributed by atoms with Crippen LogP contribution in [0.15, 0.2) is 12.4 Å². The lowest BCUT2D eigenvalue weighted by atomic mass is 10.1. The zero-order chi connectivity index (χ0) is 11.6. The lowest BCUT2D eigenvalue weighted by Gasteiger charge is -2.15. The molecule has 0 saturated carbocycles. The van der Waals surface area contributed by atoms with Crippen molar-refractivity contribution in [2.75, 3.05) is 0 Å². The molecule has 0 unspecified atom stereocenters. The summed E-state index contributed by atoms with van der Waals surface area (Å²) in [5.74, 6) is 0.0539. The second kappa shape index (κ2) is 4.42. The average molecular weight is 250 g/mol. The van der Waals surface area contributed by atoms with Gasteiger partial charge in [-0.1, -0.05) is 18.5 Å². The Kier molecular flexibility index (Phi) is 3.64. The summed E-state index contributed by atoms with van der Waals surface area (Å²) in [6.45, 7) is 3.23. The molecule has 2 N–H and O–H groups in total. The summed E-state index contributed by atoms with van der Waals surface area (Å²) in [6, 6.07) is 0. The van der Waals surface area contributed by atoms with Gasteiger partial charge in [-0.2, -0.15) is 0 Å². The highest BCUT2D eigenvalue weighted by Gasteiger charge is 2.25. The van der Waals surface area contributed by atoms with Crippen LogP contribution in [-0.4, -0.2) is 23.6 Å². The molecule has 2 atom stereocenters. The van der Waals surface area contributed by atoms with Crippen molar-refractivity contribution in [1.29, 1.82) is 0 Å². The van der Waals surface area contributed by atoms with Gasteiger partial charge < -0.3 is 0 Å². The van der Waals surface area contributed by atoms with Crippen molar-refractivity contribution in [3.8, 4) is 0 Å². The van der Waals surface area contributed by atoms with Crippen molar-refractivity contribution >= 4 is 21.6 Å². The van der Waals surface area contributed by atoms with Gasteiger partial charge in [-0.15, -0.1) is 0 Å². The summed E-state index contributed by atoms with van der Waals surface area (Å²) in [5, 5.41) is 4.73. The van der Waals surface area contributed by atoms with Crippen LogP contribution in [0.4, 0.5) is 0 Å². The van der Waals surface area contributed by atoms with Gasteiger partial charge in [-0.3, -0.25) is 0 Å². The maximum Gasteiger partial charge on any atom is 0.212 e. The Labute approximate surface area is 93.7 Å². The van der Waals surface area contributed by atoms with Crippen LogP contribution < -0.4 is 5.14 Å². The molecule has 0 saturated heterocycles. The number of hydrogen-bond acceptors (Lipinski definition) is 4. The van der Waals surface area contributed by atoms with E-state index in [9.17, 15) is 8.42 Å². The van der Waals surface area contributed by atoms with Crippen LogP contribution in [0.5, 0.6) is 0 Å². The molecule has 1 aromatic rings. The van der Waals surface area contributed by atoms with Crippen LogP contribution in [0.25, 0.3) is 0 Å². The Bertz CT molecular complexity index is 432. The van der Waals surface area contributed by atoms with Crippen molar-refractivity contribution < 1.29 is 8.42 Å². The van der Waals surface area contributed by atoms with Crippen LogP contribution in [0.2, 0.25) is 5.02 Å². The third kappa shape index (κ3) is 3.12. The van der Waals surface area contributed by atoms with E-state index in [4.69, 9.17) is 16.7 Å². The highest BCUT2D eigenvalue weighted by Crippen LogP contribution is 2.19. The summed E-state index contributed by atoms with van der Waals surface area (Å²) in [5.41, 5.74) is 0. The standard InChI is InChI=1S/C8H12ClN3O2S/c1-5(6(2)15(10,13)14)8-11-3-7(9)4-12-8/h3-6H,1-2H3,(H2,10,13,14)/t5-,6-/m0/s1. The van der Waals surface area contributed by atoms with Crippen LogP contribution >= 0.6 is 11.6 Å². The Balaban J connectivity index is 2.95. The average Bonchev–Trinajstić information content (AvgIpc) is 2.15. The van der Waals surface area contributed by atoms with Gasteiger partial charge in [0.25, 0.3) is 0 Å². The van der Waals surface area contributed by atoms with E-state index in [1.807, 2.05) is 0 Å². The molecule has 0 bridgehead atoms. The van der Waals surface area contributed by atoms with E-state index in [0.717, 1.165) is 0 Å². The van der Waals surface area contributed by atoms with Crippen molar-refractivity contribution in [2.45, 2.75) is 25.0 Å². The van der Waals surface area contributed by atoms with Crippen molar-refractivity contribution in [2.24, 2.45) is 5.14 Å². The number of nitrogens with zero attached hydrogens (tertiary/aromatic N) is 2. The zero-order valence-electron chi connectivity index (χ0n) is 8.38. The third-order valence-corrected chi connectivity index (χ3v) is 3.91. The normalized spacial score (nSPS) is 16.0. The minimum atomic E-state index is -3.57. The highest BCUT2D eigenvalue weighted by molar-refractivity contribution is 7.89. The fourth-order valence-corrected chi connectivity index (χ4v) is 1.84. The van der Waals surface area contributed by atoms with Gasteiger partial charge in [-0.25, -0.2) is 23.5 Å². The van der Waals surface area contributed by atoms with Crippen LogP contribution in [-0.2, 0) is 10.0 Å². The lowest BCUT2D eigenvalue weighted by Crippen LogP contribution is -2.31. The van der Waals surface area contributed by atoms with E-state index in [1.54, 1.807) is 6.92 Å². The minimum absolute atomic E-state index is 0.364. The second-order valence-electron chi connectivity index (χ2n) is 3.34. The van der Waals surface area contributed by atoms with Gasteiger partial charge in [0.1, 0.15) is 5.82 Å². The third-order valence-electron chi connectivity index (χ3n) is 2.27. The van der Waals surface area contributed by atoms with E-state index < -0.39 is 15.3 Å². The molecular weight excluding hydrogens is 238 g/mol. The number of sulfonamides is 1. The predicted molar refractivity (Wildman–Crippen MR) is 58.0 cm³/mol. The molecule has 1 heterocycles. The summed E-state index contributed by atoms with van der Waals surface area (Å²) in [7, 11) is -3.57. The fourth-order valence-electron chi connectivity index (χ4n) is 1.05. The monoisotopic (exact) mass is 249 g/mol. The Morgan fingerprint density at radius 3 is 2.20 bits per heavy atom. The van der Waals surface area contributed by atoms with Crippen LogP contribution in [0, 0.1) is 0 Å². The molecule has 0 radical (unpaired) electrons. The Morgan fingerprint density at radius 1 is 1.33 bits per heavy atom. The van der Waals surface area contributed by atoms with E-state index in [2.05, 4.69) is 9.97 Å². The summed E-state index contributed by atoms with van der Waals surface area (Å²) in [4.78, 5) is 7.90. The fraction of sp³-hybridized carbons (Fsp3) is 0.500. The first-order valence-corrected chi connectivity index (χ1v) is 6.30. The number of primary sulfonamides is 1. The molecular formula is C8H12ClN3O2S. The van der Waals surface area contributed by atoms with Gasteiger partial charge in [0.2, 0.25) is 10.0 Å². The van der Waals surface area contributed by atoms with Gasteiger partial charge in [0.05, 0.1) is 10.3 Å². The molecule has 0 aliphatic rings. The maximum absolute atomic E-state index is 11.1. The molecule has 1 aromatic heterocycles. The quantitative estimate of drug-likeness (QED) is 0.863. The molecule has 7 heteroatoms. The SMILES string of the molecule is C[C@H](c1ncc(Cl)cn1)[C@H](C)S(N)(=O)=O. The van der Waals surface area contributed by atoms with Gasteiger partial charge in [0, 0.05) is 18.3 Å². The molecule has 15 heavy (non-hydrogen) atoms. The summed E-state index contributed by atoms with van der Waals surface area (Å²) in [6.07, 6.45) is 2.85. The lowest BCUT2D eigenvalue weighted by molar-refractivity contribution is 0.564. The number of rotatable bonds is 3. The first-order chi connectivity index (χ1) is 6.82. The Morgan fingerprint density at radius 2 is 1.80 bits per heavy atom. The van der Waals surface area contributed by atoms with Crippen molar-refractivity contribution in [3.05, 3.63) is 23.2 Å². The van der Waals surface area contributed by atoms with E-state index >= 15 is 0 Å². The summed E-state index contributed by atoms with van der Waals surface area (Å²) >= 11 is 5.62. The first kappa shape index (κ1) is 12.4. The largest absolute Gasteiger partial charge is 0.239 e. The molecule has 0 fully saturated rings. The highest BCUT2D eigenvalue weighted by atomic mass is 35.5. The molecule has 0 spiro atoms. The maximum atomic E-state index is 11.1. The van der Waals surface area contributed by atoms with E-state index in [1.165, 1.54) is 19.3 Å². The van der Waals surface area contributed by atoms with Gasteiger partial charge in [0.15, 0.2) is 0 Å². The van der Waals surface area contributed by atoms with Crippen molar-refractivity contribution in [1.82, 2.24) is 9.97 Å².